The van der Waals surface area contributed by atoms with E-state index in [0.717, 1.165) is 32.5 Å². The largest absolute Gasteiger partial charge is 0.354 e. The van der Waals surface area contributed by atoms with Crippen molar-refractivity contribution in [2.75, 3.05) is 44.6 Å². The second kappa shape index (κ2) is 11.6. The van der Waals surface area contributed by atoms with Gasteiger partial charge in [-0.25, -0.2) is 9.59 Å². The van der Waals surface area contributed by atoms with Crippen LogP contribution < -0.4 is 22.5 Å². The predicted molar refractivity (Wildman–Crippen MR) is 147 cm³/mol. The number of hydrogen-bond donors (Lipinski definition) is 3. The summed E-state index contributed by atoms with van der Waals surface area (Å²) in [5, 5.41) is 2.69. The summed E-state index contributed by atoms with van der Waals surface area (Å²) in [5.41, 5.74) is 12.6. The molecule has 0 aliphatic carbocycles. The van der Waals surface area contributed by atoms with Crippen LogP contribution >= 0.6 is 0 Å². The molecular formula is C27H40N8O3. The first kappa shape index (κ1) is 27.7. The quantitative estimate of drug-likeness (QED) is 0.515. The molecule has 2 fully saturated rings. The number of hydrogen-bond acceptors (Lipinski definition) is 7. The zero-order valence-electron chi connectivity index (χ0n) is 22.6. The molecule has 0 radical (unpaired) electrons. The summed E-state index contributed by atoms with van der Waals surface area (Å²) in [4.78, 5) is 47.5. The molecule has 2 aliphatic rings. The molecule has 11 nitrogen and oxygen atoms in total. The third-order valence-corrected chi connectivity index (χ3v) is 7.47. The smallest absolute Gasteiger partial charge is 0.338 e. The minimum absolute atomic E-state index is 0.141. The third-order valence-electron chi connectivity index (χ3n) is 7.47. The molecule has 2 aliphatic heterocycles. The molecule has 2 atom stereocenters. The maximum absolute atomic E-state index is 12.7. The number of rotatable bonds is 6. The molecule has 1 aromatic carbocycles. The normalized spacial score (nSPS) is 20.9. The molecule has 0 bridgehead atoms. The van der Waals surface area contributed by atoms with E-state index >= 15 is 0 Å². The van der Waals surface area contributed by atoms with E-state index in [1.54, 1.807) is 35.9 Å². The van der Waals surface area contributed by atoms with Crippen LogP contribution in [0.4, 0.5) is 10.6 Å². The number of piperazine rings is 1. The Kier molecular flexibility index (Phi) is 8.49. The highest BCUT2D eigenvalue weighted by Gasteiger charge is 2.31. The van der Waals surface area contributed by atoms with Crippen molar-refractivity contribution < 1.29 is 9.59 Å². The van der Waals surface area contributed by atoms with Gasteiger partial charge in [-0.1, -0.05) is 25.5 Å². The molecule has 1 aromatic heterocycles. The van der Waals surface area contributed by atoms with Gasteiger partial charge in [-0.05, 0) is 56.5 Å². The molecule has 0 spiro atoms. The van der Waals surface area contributed by atoms with Crippen LogP contribution in [0.1, 0.15) is 39.2 Å². The van der Waals surface area contributed by atoms with Crippen molar-refractivity contribution in [3.05, 3.63) is 52.6 Å². The van der Waals surface area contributed by atoms with Gasteiger partial charge in [0.15, 0.2) is 0 Å². The lowest BCUT2D eigenvalue weighted by Crippen LogP contribution is -2.58. The minimum Gasteiger partial charge on any atom is -0.338 e. The van der Waals surface area contributed by atoms with Crippen molar-refractivity contribution in [3.8, 4) is 5.69 Å². The fraction of sp³-hybridized carbons (Fsp3) is 0.556. The van der Waals surface area contributed by atoms with Crippen molar-refractivity contribution >= 4 is 17.8 Å². The van der Waals surface area contributed by atoms with Gasteiger partial charge in [0, 0.05) is 51.5 Å². The Morgan fingerprint density at radius 3 is 2.32 bits per heavy atom. The number of carbonyl (C=O) groups excluding carboxylic acids is 2. The number of nitrogens with two attached hydrogens (primary N) is 2. The van der Waals surface area contributed by atoms with Crippen LogP contribution in [0.3, 0.4) is 0 Å². The number of piperidine rings is 1. The van der Waals surface area contributed by atoms with Gasteiger partial charge in [-0.2, -0.15) is 4.98 Å². The fourth-order valence-electron chi connectivity index (χ4n) is 5.10. The van der Waals surface area contributed by atoms with Gasteiger partial charge in [0.2, 0.25) is 5.91 Å². The SMILES string of the molecule is CC[C@@H]1CN(Cc2ccc(-n3ccc(NC(=O)N4CCN(C(=O)C(C)(C)N)CC4)nc3=O)cc2)CCC1N. The molecule has 3 amide bonds. The van der Waals surface area contributed by atoms with Crippen molar-refractivity contribution in [1.29, 1.82) is 0 Å². The summed E-state index contributed by atoms with van der Waals surface area (Å²) in [5.74, 6) is 0.574. The van der Waals surface area contributed by atoms with E-state index < -0.39 is 11.2 Å². The number of amides is 3. The summed E-state index contributed by atoms with van der Waals surface area (Å²) in [7, 11) is 0. The second-order valence-electron chi connectivity index (χ2n) is 10.9. The van der Waals surface area contributed by atoms with E-state index in [0.29, 0.717) is 37.8 Å². The van der Waals surface area contributed by atoms with E-state index in [9.17, 15) is 14.4 Å². The number of urea groups is 1. The first-order valence-electron chi connectivity index (χ1n) is 13.4. The van der Waals surface area contributed by atoms with Gasteiger partial charge >= 0.3 is 11.7 Å². The van der Waals surface area contributed by atoms with Crippen LogP contribution in [0.15, 0.2) is 41.3 Å². The average Bonchev–Trinajstić information content (AvgIpc) is 2.89. The number of anilines is 1. The van der Waals surface area contributed by atoms with Crippen LogP contribution in [-0.2, 0) is 11.3 Å². The van der Waals surface area contributed by atoms with Gasteiger partial charge in [-0.15, -0.1) is 0 Å². The molecule has 0 saturated carbocycles. The van der Waals surface area contributed by atoms with Crippen LogP contribution in [0.5, 0.6) is 0 Å². The van der Waals surface area contributed by atoms with Crippen molar-refractivity contribution in [3.63, 3.8) is 0 Å². The minimum atomic E-state index is -0.946. The van der Waals surface area contributed by atoms with Gasteiger partial charge in [0.05, 0.1) is 11.2 Å². The highest BCUT2D eigenvalue weighted by Crippen LogP contribution is 2.21. The predicted octanol–water partition coefficient (Wildman–Crippen LogP) is 1.21. The lowest BCUT2D eigenvalue weighted by atomic mass is 9.90. The van der Waals surface area contributed by atoms with E-state index in [4.69, 9.17) is 11.5 Å². The summed E-state index contributed by atoms with van der Waals surface area (Å²) in [6, 6.07) is 9.41. The maximum Gasteiger partial charge on any atom is 0.354 e. The molecule has 3 heterocycles. The highest BCUT2D eigenvalue weighted by atomic mass is 16.2. The third kappa shape index (κ3) is 6.58. The van der Waals surface area contributed by atoms with Gasteiger partial charge in [0.1, 0.15) is 5.82 Å². The van der Waals surface area contributed by atoms with E-state index in [1.165, 1.54) is 10.1 Å². The fourth-order valence-corrected chi connectivity index (χ4v) is 5.10. The first-order valence-corrected chi connectivity index (χ1v) is 13.4. The molecule has 11 heteroatoms. The van der Waals surface area contributed by atoms with Crippen molar-refractivity contribution in [1.82, 2.24) is 24.3 Å². The Labute approximate surface area is 223 Å². The molecule has 5 N–H and O–H groups in total. The van der Waals surface area contributed by atoms with Gasteiger partial charge in [-0.3, -0.25) is 19.6 Å². The van der Waals surface area contributed by atoms with Gasteiger partial charge < -0.3 is 21.3 Å². The Morgan fingerprint density at radius 1 is 1.05 bits per heavy atom. The Hall–Kier alpha value is -3.28. The second-order valence-corrected chi connectivity index (χ2v) is 10.9. The van der Waals surface area contributed by atoms with Crippen LogP contribution in [-0.4, -0.2) is 87.0 Å². The first-order chi connectivity index (χ1) is 18.0. The zero-order chi connectivity index (χ0) is 27.4. The highest BCUT2D eigenvalue weighted by molar-refractivity contribution is 5.89. The molecule has 206 valence electrons. The Bertz CT molecular complexity index is 1180. The van der Waals surface area contributed by atoms with E-state index in [1.807, 2.05) is 24.3 Å². The van der Waals surface area contributed by atoms with Crippen molar-refractivity contribution in [2.45, 2.75) is 51.7 Å². The Balaban J connectivity index is 1.32. The standard InChI is InChI=1S/C27H40N8O3/c1-4-20-18-32(11-9-22(20)28)17-19-5-7-21(8-6-19)35-12-10-23(31-26(35)38)30-25(37)34-15-13-33(14-16-34)24(36)27(2,3)29/h5-8,10,12,20,22H,4,9,11,13-18,28-29H2,1-3H3,(H,30,31,37,38)/t20-,22?/m1/s1. The van der Waals surface area contributed by atoms with Crippen LogP contribution in [0.2, 0.25) is 0 Å². The molecule has 4 rings (SSSR count). The lowest BCUT2D eigenvalue weighted by Gasteiger charge is -2.37. The Morgan fingerprint density at radius 2 is 1.71 bits per heavy atom. The summed E-state index contributed by atoms with van der Waals surface area (Å²) in [6.07, 6.45) is 3.72. The number of aromatic nitrogens is 2. The van der Waals surface area contributed by atoms with Crippen molar-refractivity contribution in [2.24, 2.45) is 17.4 Å². The molecule has 2 saturated heterocycles. The van der Waals surface area contributed by atoms with Gasteiger partial charge in [0.25, 0.3) is 0 Å². The summed E-state index contributed by atoms with van der Waals surface area (Å²) >= 11 is 0. The summed E-state index contributed by atoms with van der Waals surface area (Å²) < 4.78 is 1.45. The number of benzene rings is 1. The number of nitrogens with zero attached hydrogens (tertiary/aromatic N) is 5. The molecule has 2 aromatic rings. The summed E-state index contributed by atoms with van der Waals surface area (Å²) in [6.45, 7) is 9.96. The number of nitrogens with one attached hydrogen (secondary N) is 1. The zero-order valence-corrected chi connectivity index (χ0v) is 22.6. The molecular weight excluding hydrogens is 484 g/mol. The van der Waals surface area contributed by atoms with E-state index in [-0.39, 0.29) is 23.8 Å². The lowest BCUT2D eigenvalue weighted by molar-refractivity contribution is -0.137. The molecule has 1 unspecified atom stereocenters. The van der Waals surface area contributed by atoms with E-state index in [2.05, 4.69) is 22.1 Å². The number of carbonyl (C=O) groups is 2. The monoisotopic (exact) mass is 524 g/mol. The van der Waals surface area contributed by atoms with Crippen LogP contribution in [0, 0.1) is 5.92 Å². The molecule has 38 heavy (non-hydrogen) atoms. The average molecular weight is 525 g/mol. The number of likely N-dealkylation sites (tertiary alicyclic amines) is 1. The van der Waals surface area contributed by atoms with Crippen LogP contribution in [0.25, 0.3) is 5.69 Å². The topological polar surface area (TPSA) is 143 Å². The maximum atomic E-state index is 12.7.